The molecular weight excluding hydrogens is 302 g/mol. The van der Waals surface area contributed by atoms with Gasteiger partial charge in [0.05, 0.1) is 11.8 Å². The zero-order valence-electron chi connectivity index (χ0n) is 11.9. The van der Waals surface area contributed by atoms with Crippen LogP contribution in [0, 0.1) is 0 Å². The number of hydrogen-bond acceptors (Lipinski definition) is 2. The van der Waals surface area contributed by atoms with Crippen molar-refractivity contribution in [1.82, 2.24) is 4.98 Å². The maximum Gasteiger partial charge on any atom is 0.0959 e. The minimum Gasteiger partial charge on any atom is -0.387 e. The lowest BCUT2D eigenvalue weighted by molar-refractivity contribution is 0.158. The average Bonchev–Trinajstić information content (AvgIpc) is 2.42. The molecule has 1 aromatic heterocycles. The van der Waals surface area contributed by atoms with Crippen molar-refractivity contribution in [1.29, 1.82) is 0 Å². The van der Waals surface area contributed by atoms with E-state index in [1.165, 1.54) is 44.9 Å². The summed E-state index contributed by atoms with van der Waals surface area (Å²) in [5.74, 6) is 0. The molecule has 0 aliphatic heterocycles. The van der Waals surface area contributed by atoms with Crippen LogP contribution in [0.1, 0.15) is 76.5 Å². The molecule has 0 amide bonds. The Kier molecular flexibility index (Phi) is 9.10. The lowest BCUT2D eigenvalue weighted by Crippen LogP contribution is -2.00. The van der Waals surface area contributed by atoms with Crippen molar-refractivity contribution in [2.45, 2.75) is 70.8 Å². The van der Waals surface area contributed by atoms with Gasteiger partial charge in [0, 0.05) is 10.7 Å². The Morgan fingerprint density at radius 2 is 1.68 bits per heavy atom. The van der Waals surface area contributed by atoms with E-state index in [0.29, 0.717) is 0 Å². The summed E-state index contributed by atoms with van der Waals surface area (Å²) in [4.78, 5) is 4.23. The Labute approximate surface area is 125 Å². The molecule has 108 valence electrons. The van der Waals surface area contributed by atoms with Crippen molar-refractivity contribution >= 4 is 15.9 Å². The number of aliphatic hydroxyl groups excluding tert-OH is 1. The molecule has 0 bridgehead atoms. The van der Waals surface area contributed by atoms with Crippen LogP contribution in [-0.4, -0.2) is 10.1 Å². The zero-order valence-corrected chi connectivity index (χ0v) is 13.5. The zero-order chi connectivity index (χ0) is 13.9. The Balaban J connectivity index is 2.04. The van der Waals surface area contributed by atoms with Gasteiger partial charge in [-0.15, -0.1) is 0 Å². The van der Waals surface area contributed by atoms with Crippen LogP contribution in [0.15, 0.2) is 22.8 Å². The first-order valence-electron chi connectivity index (χ1n) is 7.53. The van der Waals surface area contributed by atoms with Crippen molar-refractivity contribution in [3.8, 4) is 0 Å². The standard InChI is InChI=1S/C16H26BrNO/c1-2-3-4-5-6-7-8-9-10-16(19)15-12-11-14(17)13-18-15/h11-13,16,19H,2-10H2,1H3. The number of halogens is 1. The van der Waals surface area contributed by atoms with E-state index in [4.69, 9.17) is 0 Å². The van der Waals surface area contributed by atoms with Gasteiger partial charge in [-0.25, -0.2) is 0 Å². The highest BCUT2D eigenvalue weighted by Gasteiger charge is 2.08. The highest BCUT2D eigenvalue weighted by atomic mass is 79.9. The molecule has 1 heterocycles. The monoisotopic (exact) mass is 327 g/mol. The second kappa shape index (κ2) is 10.4. The molecule has 0 aromatic carbocycles. The molecule has 0 aliphatic carbocycles. The Bertz CT molecular complexity index is 326. The molecular formula is C16H26BrNO. The van der Waals surface area contributed by atoms with Gasteiger partial charge >= 0.3 is 0 Å². The number of rotatable bonds is 10. The predicted octanol–water partition coefficient (Wildman–Crippen LogP) is 5.41. The van der Waals surface area contributed by atoms with Crippen molar-refractivity contribution in [3.05, 3.63) is 28.5 Å². The van der Waals surface area contributed by atoms with E-state index in [0.717, 1.165) is 23.0 Å². The van der Waals surface area contributed by atoms with Crippen molar-refractivity contribution in [3.63, 3.8) is 0 Å². The van der Waals surface area contributed by atoms with Gasteiger partial charge in [0.1, 0.15) is 0 Å². The summed E-state index contributed by atoms with van der Waals surface area (Å²) in [5.41, 5.74) is 0.783. The lowest BCUT2D eigenvalue weighted by atomic mass is 10.0. The molecule has 19 heavy (non-hydrogen) atoms. The SMILES string of the molecule is CCCCCCCCCCC(O)c1ccc(Br)cn1. The number of pyridine rings is 1. The minimum atomic E-state index is -0.409. The predicted molar refractivity (Wildman–Crippen MR) is 84.1 cm³/mol. The number of unbranched alkanes of at least 4 members (excludes halogenated alkanes) is 7. The van der Waals surface area contributed by atoms with E-state index in [-0.39, 0.29) is 0 Å². The van der Waals surface area contributed by atoms with Gasteiger partial charge < -0.3 is 5.11 Å². The molecule has 1 rings (SSSR count). The Morgan fingerprint density at radius 1 is 1.05 bits per heavy atom. The molecule has 0 aliphatic rings. The van der Waals surface area contributed by atoms with Crippen LogP contribution in [0.2, 0.25) is 0 Å². The summed E-state index contributed by atoms with van der Waals surface area (Å²) in [6.45, 7) is 2.25. The fourth-order valence-electron chi connectivity index (χ4n) is 2.20. The van der Waals surface area contributed by atoms with E-state index in [1.807, 2.05) is 12.1 Å². The maximum atomic E-state index is 10.0. The second-order valence-electron chi connectivity index (χ2n) is 5.18. The number of nitrogens with zero attached hydrogens (tertiary/aromatic N) is 1. The van der Waals surface area contributed by atoms with E-state index in [9.17, 15) is 5.11 Å². The van der Waals surface area contributed by atoms with Gasteiger partial charge in [0.15, 0.2) is 0 Å². The molecule has 2 nitrogen and oxygen atoms in total. The molecule has 0 spiro atoms. The van der Waals surface area contributed by atoms with Crippen molar-refractivity contribution in [2.75, 3.05) is 0 Å². The van der Waals surface area contributed by atoms with Gasteiger partial charge in [-0.05, 0) is 34.5 Å². The normalized spacial score (nSPS) is 12.6. The summed E-state index contributed by atoms with van der Waals surface area (Å²) in [5, 5.41) is 10.0. The molecule has 0 fully saturated rings. The number of aromatic nitrogens is 1. The Hall–Kier alpha value is -0.410. The van der Waals surface area contributed by atoms with Gasteiger partial charge in [0.2, 0.25) is 0 Å². The van der Waals surface area contributed by atoms with E-state index in [2.05, 4.69) is 27.8 Å². The van der Waals surface area contributed by atoms with Crippen molar-refractivity contribution in [2.24, 2.45) is 0 Å². The molecule has 1 N–H and O–H groups in total. The van der Waals surface area contributed by atoms with Crippen LogP contribution in [0.3, 0.4) is 0 Å². The topological polar surface area (TPSA) is 33.1 Å². The van der Waals surface area contributed by atoms with Gasteiger partial charge in [-0.1, -0.05) is 58.3 Å². The lowest BCUT2D eigenvalue weighted by Gasteiger charge is -2.09. The van der Waals surface area contributed by atoms with Gasteiger partial charge in [0.25, 0.3) is 0 Å². The van der Waals surface area contributed by atoms with Crippen molar-refractivity contribution < 1.29 is 5.11 Å². The first-order chi connectivity index (χ1) is 9.24. The highest BCUT2D eigenvalue weighted by Crippen LogP contribution is 2.20. The van der Waals surface area contributed by atoms with E-state index in [1.54, 1.807) is 6.20 Å². The molecule has 0 saturated heterocycles. The molecule has 0 radical (unpaired) electrons. The van der Waals surface area contributed by atoms with Gasteiger partial charge in [-0.3, -0.25) is 4.98 Å². The van der Waals surface area contributed by atoms with Crippen LogP contribution >= 0.6 is 15.9 Å². The minimum absolute atomic E-state index is 0.409. The number of hydrogen-bond donors (Lipinski definition) is 1. The quantitative estimate of drug-likeness (QED) is 0.583. The third-order valence-corrected chi connectivity index (χ3v) is 3.89. The molecule has 1 atom stereocenters. The van der Waals surface area contributed by atoms with Crippen LogP contribution in [0.4, 0.5) is 0 Å². The average molecular weight is 328 g/mol. The van der Waals surface area contributed by atoms with E-state index < -0.39 is 6.10 Å². The van der Waals surface area contributed by atoms with E-state index >= 15 is 0 Å². The summed E-state index contributed by atoms with van der Waals surface area (Å²) < 4.78 is 0.954. The number of aliphatic hydroxyl groups is 1. The van der Waals surface area contributed by atoms with Gasteiger partial charge in [-0.2, -0.15) is 0 Å². The molecule has 1 aromatic rings. The van der Waals surface area contributed by atoms with Crippen LogP contribution in [-0.2, 0) is 0 Å². The third-order valence-electron chi connectivity index (χ3n) is 3.42. The first kappa shape index (κ1) is 16.6. The Morgan fingerprint density at radius 3 is 2.26 bits per heavy atom. The van der Waals surface area contributed by atoms with Crippen LogP contribution in [0.25, 0.3) is 0 Å². The smallest absolute Gasteiger partial charge is 0.0959 e. The highest BCUT2D eigenvalue weighted by molar-refractivity contribution is 9.10. The summed E-state index contributed by atoms with van der Waals surface area (Å²) >= 11 is 3.35. The molecule has 3 heteroatoms. The maximum absolute atomic E-state index is 10.0. The largest absolute Gasteiger partial charge is 0.387 e. The summed E-state index contributed by atoms with van der Waals surface area (Å²) in [6.07, 6.45) is 12.5. The summed E-state index contributed by atoms with van der Waals surface area (Å²) in [7, 11) is 0. The van der Waals surface area contributed by atoms with Crippen LogP contribution in [0.5, 0.6) is 0 Å². The summed E-state index contributed by atoms with van der Waals surface area (Å²) in [6, 6.07) is 3.82. The second-order valence-corrected chi connectivity index (χ2v) is 6.10. The molecule has 0 saturated carbocycles. The fourth-order valence-corrected chi connectivity index (χ4v) is 2.44. The first-order valence-corrected chi connectivity index (χ1v) is 8.33. The molecule has 1 unspecified atom stereocenters. The fraction of sp³-hybridized carbons (Fsp3) is 0.688. The van der Waals surface area contributed by atoms with Crippen LogP contribution < -0.4 is 0 Å². The third kappa shape index (κ3) is 7.68.